The molecule has 0 atom stereocenters. The summed E-state index contributed by atoms with van der Waals surface area (Å²) in [7, 11) is 0. The maximum atomic E-state index is 4.53. The van der Waals surface area contributed by atoms with Gasteiger partial charge in [0, 0.05) is 23.2 Å². The standard InChI is InChI=1S/C19H14N2/c1-2-6-18-16(4-1)12-15(13-21-18)10-14-7-8-19-17(11-14)5-3-9-20-19/h1-9,11-13H,10H2. The molecule has 2 heterocycles. The minimum absolute atomic E-state index is 0.892. The maximum Gasteiger partial charge on any atom is 0.0702 e. The average Bonchev–Trinajstić information content (AvgIpc) is 2.55. The minimum Gasteiger partial charge on any atom is -0.256 e. The van der Waals surface area contributed by atoms with Crippen LogP contribution in [-0.2, 0) is 6.42 Å². The summed E-state index contributed by atoms with van der Waals surface area (Å²) in [4.78, 5) is 8.89. The molecule has 0 unspecified atom stereocenters. The lowest BCUT2D eigenvalue weighted by Crippen LogP contribution is -1.91. The van der Waals surface area contributed by atoms with E-state index in [1.807, 2.05) is 30.6 Å². The fraction of sp³-hybridized carbons (Fsp3) is 0.0526. The molecule has 100 valence electrons. The SMILES string of the molecule is c1cnc2ccc(Cc3cnc4ccccc4c3)cc2c1. The summed E-state index contributed by atoms with van der Waals surface area (Å²) < 4.78 is 0. The molecular weight excluding hydrogens is 256 g/mol. The molecule has 0 aliphatic carbocycles. The highest BCUT2D eigenvalue weighted by Gasteiger charge is 2.01. The van der Waals surface area contributed by atoms with Crippen LogP contribution in [0.4, 0.5) is 0 Å². The number of hydrogen-bond acceptors (Lipinski definition) is 2. The Morgan fingerprint density at radius 3 is 2.38 bits per heavy atom. The van der Waals surface area contributed by atoms with Crippen molar-refractivity contribution in [2.75, 3.05) is 0 Å². The molecule has 0 N–H and O–H groups in total. The van der Waals surface area contributed by atoms with E-state index in [1.165, 1.54) is 21.9 Å². The van der Waals surface area contributed by atoms with Gasteiger partial charge in [0.05, 0.1) is 11.0 Å². The van der Waals surface area contributed by atoms with Crippen molar-refractivity contribution >= 4 is 21.8 Å². The summed E-state index contributed by atoms with van der Waals surface area (Å²) >= 11 is 0. The van der Waals surface area contributed by atoms with E-state index in [4.69, 9.17) is 0 Å². The molecule has 21 heavy (non-hydrogen) atoms. The van der Waals surface area contributed by atoms with Gasteiger partial charge in [0.15, 0.2) is 0 Å². The molecule has 0 saturated carbocycles. The van der Waals surface area contributed by atoms with Gasteiger partial charge in [0.1, 0.15) is 0 Å². The highest BCUT2D eigenvalue weighted by atomic mass is 14.7. The summed E-state index contributed by atoms with van der Waals surface area (Å²) in [6.07, 6.45) is 4.69. The van der Waals surface area contributed by atoms with Gasteiger partial charge in [-0.25, -0.2) is 0 Å². The van der Waals surface area contributed by atoms with Crippen LogP contribution in [0.5, 0.6) is 0 Å². The second kappa shape index (κ2) is 4.98. The fourth-order valence-corrected chi connectivity index (χ4v) is 2.68. The molecule has 2 nitrogen and oxygen atoms in total. The summed E-state index contributed by atoms with van der Waals surface area (Å²) in [5.41, 5.74) is 4.60. The monoisotopic (exact) mass is 270 g/mol. The van der Waals surface area contributed by atoms with Gasteiger partial charge in [0.2, 0.25) is 0 Å². The molecule has 4 rings (SSSR count). The predicted molar refractivity (Wildman–Crippen MR) is 86.3 cm³/mol. The van der Waals surface area contributed by atoms with E-state index in [1.54, 1.807) is 0 Å². The van der Waals surface area contributed by atoms with Gasteiger partial charge in [-0.05, 0) is 47.9 Å². The second-order valence-electron chi connectivity index (χ2n) is 5.24. The van der Waals surface area contributed by atoms with Crippen molar-refractivity contribution in [3.05, 3.63) is 84.2 Å². The lowest BCUT2D eigenvalue weighted by atomic mass is 10.0. The molecule has 2 aromatic heterocycles. The molecule has 0 fully saturated rings. The van der Waals surface area contributed by atoms with Crippen LogP contribution in [0.2, 0.25) is 0 Å². The number of benzene rings is 2. The Bertz CT molecular complexity index is 851. The molecule has 0 radical (unpaired) electrons. The Balaban J connectivity index is 1.71. The smallest absolute Gasteiger partial charge is 0.0702 e. The maximum absolute atomic E-state index is 4.53. The van der Waals surface area contributed by atoms with Gasteiger partial charge in [-0.15, -0.1) is 0 Å². The molecule has 2 aromatic carbocycles. The number of pyridine rings is 2. The highest BCUT2D eigenvalue weighted by Crippen LogP contribution is 2.18. The molecule has 0 aliphatic rings. The van der Waals surface area contributed by atoms with Crippen LogP contribution in [0.3, 0.4) is 0 Å². The van der Waals surface area contributed by atoms with Gasteiger partial charge in [-0.2, -0.15) is 0 Å². The third kappa shape index (κ3) is 2.36. The second-order valence-corrected chi connectivity index (χ2v) is 5.24. The van der Waals surface area contributed by atoms with E-state index in [2.05, 4.69) is 52.4 Å². The van der Waals surface area contributed by atoms with E-state index in [9.17, 15) is 0 Å². The zero-order valence-electron chi connectivity index (χ0n) is 11.5. The van der Waals surface area contributed by atoms with Crippen LogP contribution in [0.1, 0.15) is 11.1 Å². The van der Waals surface area contributed by atoms with Crippen LogP contribution in [-0.4, -0.2) is 9.97 Å². The zero-order valence-corrected chi connectivity index (χ0v) is 11.5. The topological polar surface area (TPSA) is 25.8 Å². The number of nitrogens with zero attached hydrogens (tertiary/aromatic N) is 2. The van der Waals surface area contributed by atoms with E-state index >= 15 is 0 Å². The normalized spacial score (nSPS) is 11.0. The number of fused-ring (bicyclic) bond motifs is 2. The van der Waals surface area contributed by atoms with Crippen molar-refractivity contribution in [3.63, 3.8) is 0 Å². The molecule has 2 heteroatoms. The first-order chi connectivity index (χ1) is 10.4. The lowest BCUT2D eigenvalue weighted by Gasteiger charge is -2.05. The molecule has 0 saturated heterocycles. The lowest BCUT2D eigenvalue weighted by molar-refractivity contribution is 1.17. The predicted octanol–water partition coefficient (Wildman–Crippen LogP) is 4.37. The molecule has 0 spiro atoms. The van der Waals surface area contributed by atoms with Gasteiger partial charge in [0.25, 0.3) is 0 Å². The summed E-state index contributed by atoms with van der Waals surface area (Å²) in [6.45, 7) is 0. The first kappa shape index (κ1) is 12.0. The van der Waals surface area contributed by atoms with Crippen LogP contribution in [0.15, 0.2) is 73.1 Å². The Morgan fingerprint density at radius 1 is 0.667 bits per heavy atom. The number of aromatic nitrogens is 2. The number of hydrogen-bond donors (Lipinski definition) is 0. The fourth-order valence-electron chi connectivity index (χ4n) is 2.68. The average molecular weight is 270 g/mol. The van der Waals surface area contributed by atoms with E-state index < -0.39 is 0 Å². The summed E-state index contributed by atoms with van der Waals surface area (Å²) in [5, 5.41) is 2.38. The van der Waals surface area contributed by atoms with E-state index in [0.717, 1.165) is 17.5 Å². The first-order valence-electron chi connectivity index (χ1n) is 7.06. The summed E-state index contributed by atoms with van der Waals surface area (Å²) in [6, 6.07) is 20.9. The molecule has 0 amide bonds. The highest BCUT2D eigenvalue weighted by molar-refractivity contribution is 5.80. The van der Waals surface area contributed by atoms with Crippen LogP contribution >= 0.6 is 0 Å². The Labute approximate surface area is 123 Å². The first-order valence-corrected chi connectivity index (χ1v) is 7.06. The van der Waals surface area contributed by atoms with Crippen molar-refractivity contribution < 1.29 is 0 Å². The minimum atomic E-state index is 0.892. The molecule has 0 bridgehead atoms. The van der Waals surface area contributed by atoms with Crippen LogP contribution < -0.4 is 0 Å². The van der Waals surface area contributed by atoms with Gasteiger partial charge in [-0.3, -0.25) is 9.97 Å². The third-order valence-electron chi connectivity index (χ3n) is 3.72. The Kier molecular flexibility index (Phi) is 2.86. The zero-order chi connectivity index (χ0) is 14.1. The van der Waals surface area contributed by atoms with Crippen molar-refractivity contribution in [1.82, 2.24) is 9.97 Å². The van der Waals surface area contributed by atoms with Gasteiger partial charge >= 0.3 is 0 Å². The third-order valence-corrected chi connectivity index (χ3v) is 3.72. The van der Waals surface area contributed by atoms with Crippen molar-refractivity contribution in [2.24, 2.45) is 0 Å². The number of rotatable bonds is 2. The van der Waals surface area contributed by atoms with Crippen LogP contribution in [0.25, 0.3) is 21.8 Å². The summed E-state index contributed by atoms with van der Waals surface area (Å²) in [5.74, 6) is 0. The van der Waals surface area contributed by atoms with E-state index in [0.29, 0.717) is 0 Å². The number of para-hydroxylation sites is 1. The Hall–Kier alpha value is -2.74. The van der Waals surface area contributed by atoms with Gasteiger partial charge in [-0.1, -0.05) is 30.3 Å². The largest absolute Gasteiger partial charge is 0.256 e. The molecular formula is C19H14N2. The Morgan fingerprint density at radius 2 is 1.43 bits per heavy atom. The van der Waals surface area contributed by atoms with E-state index in [-0.39, 0.29) is 0 Å². The molecule has 4 aromatic rings. The van der Waals surface area contributed by atoms with Crippen molar-refractivity contribution in [1.29, 1.82) is 0 Å². The van der Waals surface area contributed by atoms with Gasteiger partial charge < -0.3 is 0 Å². The van der Waals surface area contributed by atoms with Crippen LogP contribution in [0, 0.1) is 0 Å². The quantitative estimate of drug-likeness (QED) is 0.540. The van der Waals surface area contributed by atoms with Crippen molar-refractivity contribution in [3.8, 4) is 0 Å². The van der Waals surface area contributed by atoms with Crippen molar-refractivity contribution in [2.45, 2.75) is 6.42 Å². The molecule has 0 aliphatic heterocycles.